The number of hydrogen-bond acceptors (Lipinski definition) is 14. The standard InChI is InChI=1S/C44H88N2O12Si2/c1-21-33-44(10,50)37(47)30(6)46(13)25-26(2)23-42(8,49)38(56-41-36(57-59(15,16)17)32(45(11)12)22-27(3)52-41)28(4)35(29(5)40(48)54-33)55-34-24-43(9,51-14)39(31(7)53-34)58-60(18,19)20/h26-39,41,47,49-50H,21-25H2,1-20H3/t26-,27-,28+,29-,30-,31+,32+,33-,34+,35+,36-,37-,38-,39+,41+,42-,43+,44-/m1/s1. The molecule has 0 aromatic heterocycles. The van der Waals surface area contributed by atoms with E-state index in [1.807, 2.05) is 67.6 Å². The van der Waals surface area contributed by atoms with Crippen LogP contribution < -0.4 is 0 Å². The molecule has 0 radical (unpaired) electrons. The summed E-state index contributed by atoms with van der Waals surface area (Å²) in [5.41, 5.74) is -4.06. The Bertz CT molecular complexity index is 1360. The number of hydrogen-bond donors (Lipinski definition) is 3. The Kier molecular flexibility index (Phi) is 18.6. The van der Waals surface area contributed by atoms with Gasteiger partial charge in [0.25, 0.3) is 0 Å². The van der Waals surface area contributed by atoms with Crippen LogP contribution in [0.1, 0.15) is 94.9 Å². The highest BCUT2D eigenvalue weighted by Crippen LogP contribution is 2.42. The van der Waals surface area contributed by atoms with E-state index >= 15 is 0 Å². The van der Waals surface area contributed by atoms with Crippen LogP contribution in [0.25, 0.3) is 0 Å². The number of carbonyl (C=O) groups excluding carboxylic acids is 1. The van der Waals surface area contributed by atoms with Crippen LogP contribution in [0.2, 0.25) is 39.3 Å². The molecule has 3 N–H and O–H groups in total. The lowest BCUT2D eigenvalue weighted by molar-refractivity contribution is -0.315. The van der Waals surface area contributed by atoms with Crippen LogP contribution >= 0.6 is 0 Å². The lowest BCUT2D eigenvalue weighted by Crippen LogP contribution is -2.62. The minimum Gasteiger partial charge on any atom is -0.459 e. The van der Waals surface area contributed by atoms with E-state index in [0.29, 0.717) is 19.4 Å². The summed E-state index contributed by atoms with van der Waals surface area (Å²) >= 11 is 0. The molecule has 0 bridgehead atoms. The Hall–Kier alpha value is -0.576. The van der Waals surface area contributed by atoms with Gasteiger partial charge in [-0.2, -0.15) is 0 Å². The third-order valence-corrected chi connectivity index (χ3v) is 15.1. The van der Waals surface area contributed by atoms with Crippen LogP contribution in [0.3, 0.4) is 0 Å². The van der Waals surface area contributed by atoms with Crippen molar-refractivity contribution >= 4 is 22.6 Å². The maximum atomic E-state index is 14.6. The highest BCUT2D eigenvalue weighted by Gasteiger charge is 2.54. The molecule has 18 atom stereocenters. The lowest BCUT2D eigenvalue weighted by atomic mass is 9.77. The van der Waals surface area contributed by atoms with Crippen molar-refractivity contribution in [2.45, 2.75) is 225 Å². The summed E-state index contributed by atoms with van der Waals surface area (Å²) in [6.45, 7) is 32.0. The summed E-state index contributed by atoms with van der Waals surface area (Å²) in [5.74, 6) is -2.35. The predicted molar refractivity (Wildman–Crippen MR) is 239 cm³/mol. The van der Waals surface area contributed by atoms with Crippen molar-refractivity contribution in [3.8, 4) is 0 Å². The van der Waals surface area contributed by atoms with E-state index in [4.69, 9.17) is 37.3 Å². The topological polar surface area (TPSA) is 158 Å². The van der Waals surface area contributed by atoms with Crippen molar-refractivity contribution in [3.63, 3.8) is 0 Å². The molecule has 3 rings (SSSR count). The molecule has 60 heavy (non-hydrogen) atoms. The van der Waals surface area contributed by atoms with Gasteiger partial charge in [0.1, 0.15) is 23.9 Å². The van der Waals surface area contributed by atoms with E-state index in [1.54, 1.807) is 21.0 Å². The Balaban J connectivity index is 2.25. The molecule has 3 saturated heterocycles. The van der Waals surface area contributed by atoms with Crippen molar-refractivity contribution in [1.82, 2.24) is 9.80 Å². The van der Waals surface area contributed by atoms with Gasteiger partial charge in [0.2, 0.25) is 0 Å². The number of likely N-dealkylation sites (N-methyl/N-ethyl adjacent to an activating group) is 2. The second-order valence-corrected chi connectivity index (χ2v) is 30.5. The number of carbonyl (C=O) groups is 1. The van der Waals surface area contributed by atoms with E-state index in [9.17, 15) is 20.1 Å². The van der Waals surface area contributed by atoms with Gasteiger partial charge >= 0.3 is 5.97 Å². The van der Waals surface area contributed by atoms with Crippen LogP contribution in [-0.4, -0.2) is 173 Å². The van der Waals surface area contributed by atoms with Crippen molar-refractivity contribution in [1.29, 1.82) is 0 Å². The highest BCUT2D eigenvalue weighted by molar-refractivity contribution is 6.70. The number of rotatable bonds is 11. The highest BCUT2D eigenvalue weighted by atomic mass is 28.4. The van der Waals surface area contributed by atoms with Gasteiger partial charge < -0.3 is 62.4 Å². The monoisotopic (exact) mass is 893 g/mol. The molecule has 0 spiro atoms. The Morgan fingerprint density at radius 1 is 0.867 bits per heavy atom. The van der Waals surface area contributed by atoms with Crippen LogP contribution in [0, 0.1) is 17.8 Å². The van der Waals surface area contributed by atoms with E-state index in [0.717, 1.165) is 6.42 Å². The molecular weight excluding hydrogens is 805 g/mol. The first-order valence-electron chi connectivity index (χ1n) is 22.5. The molecule has 16 heteroatoms. The minimum absolute atomic E-state index is 0.0247. The van der Waals surface area contributed by atoms with Gasteiger partial charge in [-0.1, -0.05) is 20.8 Å². The quantitative estimate of drug-likeness (QED) is 0.174. The normalized spacial score (nSPS) is 45.2. The van der Waals surface area contributed by atoms with Crippen LogP contribution in [-0.2, 0) is 42.1 Å². The van der Waals surface area contributed by atoms with Gasteiger partial charge in [0.15, 0.2) is 29.2 Å². The molecule has 3 aliphatic heterocycles. The summed E-state index contributed by atoms with van der Waals surface area (Å²) < 4.78 is 53.4. The van der Waals surface area contributed by atoms with Gasteiger partial charge in [-0.3, -0.25) is 4.79 Å². The van der Waals surface area contributed by atoms with Gasteiger partial charge in [-0.05, 0) is 134 Å². The fraction of sp³-hybridized carbons (Fsp3) is 0.977. The summed E-state index contributed by atoms with van der Waals surface area (Å²) in [4.78, 5) is 18.7. The molecule has 3 heterocycles. The molecule has 0 aliphatic carbocycles. The van der Waals surface area contributed by atoms with Crippen LogP contribution in [0.4, 0.5) is 0 Å². The fourth-order valence-electron chi connectivity index (χ4n) is 9.85. The molecule has 0 unspecified atom stereocenters. The number of nitrogens with zero attached hydrogens (tertiary/aromatic N) is 2. The molecule has 3 aliphatic rings. The summed E-state index contributed by atoms with van der Waals surface area (Å²) in [6, 6.07) is -0.540. The smallest absolute Gasteiger partial charge is 0.311 e. The maximum absolute atomic E-state index is 14.6. The van der Waals surface area contributed by atoms with Gasteiger partial charge in [0.05, 0.1) is 47.6 Å². The number of aliphatic hydroxyl groups excluding tert-OH is 1. The number of aliphatic hydroxyl groups is 3. The molecule has 0 aromatic carbocycles. The van der Waals surface area contributed by atoms with Crippen LogP contribution in [0.5, 0.6) is 0 Å². The molecule has 0 aromatic rings. The molecule has 0 saturated carbocycles. The average Bonchev–Trinajstić information content (AvgIpc) is 3.10. The zero-order valence-corrected chi connectivity index (χ0v) is 43.1. The van der Waals surface area contributed by atoms with E-state index < -0.39 is 106 Å². The zero-order valence-electron chi connectivity index (χ0n) is 41.1. The van der Waals surface area contributed by atoms with E-state index in [1.165, 1.54) is 6.92 Å². The van der Waals surface area contributed by atoms with Crippen molar-refractivity contribution in [3.05, 3.63) is 0 Å². The molecule has 14 nitrogen and oxygen atoms in total. The third-order valence-electron chi connectivity index (χ3n) is 13.1. The molecule has 0 amide bonds. The number of esters is 1. The van der Waals surface area contributed by atoms with Crippen molar-refractivity contribution in [2.24, 2.45) is 17.8 Å². The fourth-order valence-corrected chi connectivity index (χ4v) is 12.1. The second-order valence-electron chi connectivity index (χ2n) is 21.6. The van der Waals surface area contributed by atoms with Crippen molar-refractivity contribution < 1.29 is 57.4 Å². The number of methoxy groups -OCH3 is 1. The zero-order chi connectivity index (χ0) is 46.1. The Labute approximate surface area is 365 Å². The number of cyclic esters (lactones) is 1. The molecular formula is C44H88N2O12Si2. The van der Waals surface area contributed by atoms with Gasteiger partial charge in [0, 0.05) is 38.1 Å². The summed E-state index contributed by atoms with van der Waals surface area (Å²) in [7, 11) is 3.45. The number of ether oxygens (including phenoxy) is 6. The summed E-state index contributed by atoms with van der Waals surface area (Å²) in [6.07, 6.45) is -5.71. The van der Waals surface area contributed by atoms with Gasteiger partial charge in [-0.15, -0.1) is 0 Å². The molecule has 3 fully saturated rings. The van der Waals surface area contributed by atoms with Crippen LogP contribution in [0.15, 0.2) is 0 Å². The van der Waals surface area contributed by atoms with Crippen molar-refractivity contribution in [2.75, 3.05) is 34.8 Å². The largest absolute Gasteiger partial charge is 0.459 e. The minimum atomic E-state index is -2.15. The predicted octanol–water partition coefficient (Wildman–Crippen LogP) is 5.62. The first-order valence-corrected chi connectivity index (χ1v) is 29.3. The first-order chi connectivity index (χ1) is 27.3. The SMILES string of the molecule is CC[C@H]1OC(=O)[C@H](C)[C@@H](O[C@H]2C[C@](C)(OC)[C@@H](O[Si](C)(C)C)[C@H](C)O2)[C@H](C)[C@@H](O[C@@H]2O[C@H](C)C[C@H](N(C)C)[C@H]2O[Si](C)(C)C)[C@](C)(O)C[C@@H](C)CN(C)[C@H](C)[C@@H](O)[C@]1(C)O. The second kappa shape index (κ2) is 20.7. The lowest BCUT2D eigenvalue weighted by Gasteiger charge is -2.51. The molecule has 354 valence electrons. The maximum Gasteiger partial charge on any atom is 0.311 e. The summed E-state index contributed by atoms with van der Waals surface area (Å²) in [5, 5.41) is 36.5. The third kappa shape index (κ3) is 13.5. The van der Waals surface area contributed by atoms with E-state index in [-0.39, 0.29) is 30.6 Å². The van der Waals surface area contributed by atoms with E-state index in [2.05, 4.69) is 51.1 Å². The average molecular weight is 893 g/mol. The Morgan fingerprint density at radius 3 is 1.97 bits per heavy atom. The first kappa shape index (κ1) is 53.8. The van der Waals surface area contributed by atoms with Gasteiger partial charge in [-0.25, -0.2) is 0 Å². The Morgan fingerprint density at radius 2 is 1.45 bits per heavy atom.